The van der Waals surface area contributed by atoms with Gasteiger partial charge in [-0.15, -0.1) is 10.2 Å². The lowest BCUT2D eigenvalue weighted by Crippen LogP contribution is -2.64. The van der Waals surface area contributed by atoms with Crippen molar-refractivity contribution in [2.24, 2.45) is 11.8 Å². The van der Waals surface area contributed by atoms with Gasteiger partial charge < -0.3 is 101 Å². The minimum Gasteiger partial charge on any atom is -0.504 e. The van der Waals surface area contributed by atoms with Crippen LogP contribution in [0.15, 0.2) is 54.9 Å². The molecule has 4 aromatic rings. The van der Waals surface area contributed by atoms with E-state index in [1.807, 2.05) is 36.7 Å². The van der Waals surface area contributed by atoms with Crippen LogP contribution in [-0.2, 0) is 55.1 Å². The van der Waals surface area contributed by atoms with Crippen LogP contribution in [0.3, 0.4) is 0 Å². The molecule has 6 aliphatic rings. The molecule has 0 spiro atoms. The first-order valence-corrected chi connectivity index (χ1v) is 37.3. The zero-order valence-electron chi connectivity index (χ0n) is 57.7. The number of anilines is 2. The molecular formula is C67H95N15O19S2. The topological polar surface area (TPSA) is 483 Å². The van der Waals surface area contributed by atoms with Crippen LogP contribution < -0.4 is 51.2 Å². The van der Waals surface area contributed by atoms with E-state index in [9.17, 15) is 82.3 Å². The summed E-state index contributed by atoms with van der Waals surface area (Å²) in [5, 5.41) is 109. The third-order valence-corrected chi connectivity index (χ3v) is 21.3. The Labute approximate surface area is 600 Å². The van der Waals surface area contributed by atoms with Gasteiger partial charge in [-0.25, -0.2) is 9.97 Å². The lowest BCUT2D eigenvalue weighted by molar-refractivity contribution is -0.147. The number of carbonyl (C=O) groups excluding carboxylic acids is 7. The van der Waals surface area contributed by atoms with Gasteiger partial charge in [-0.3, -0.25) is 38.1 Å². The summed E-state index contributed by atoms with van der Waals surface area (Å²) in [6.07, 6.45) is 0.488. The summed E-state index contributed by atoms with van der Waals surface area (Å²) < 4.78 is 43.6. The van der Waals surface area contributed by atoms with Crippen molar-refractivity contribution < 1.29 is 91.2 Å². The number of aliphatic hydroxyl groups excluding tert-OH is 6. The second-order valence-electron chi connectivity index (χ2n) is 27.7. The molecule has 7 heterocycles. The number of amides is 7. The molecule has 36 heteroatoms. The number of nitrogens with one attached hydrogen (secondary N) is 7. The summed E-state index contributed by atoms with van der Waals surface area (Å²) in [4.78, 5) is 117. The van der Waals surface area contributed by atoms with Gasteiger partial charge in [0.2, 0.25) is 52.4 Å². The van der Waals surface area contributed by atoms with Crippen molar-refractivity contribution in [1.29, 1.82) is 0 Å². The molecule has 103 heavy (non-hydrogen) atoms. The summed E-state index contributed by atoms with van der Waals surface area (Å²) in [5.41, 5.74) is 2.60. The molecule has 7 amide bonds. The number of ether oxygens (including phenoxy) is 1. The Morgan fingerprint density at radius 2 is 1.37 bits per heavy atom. The standard InChI is InChI=1S/C67H95N15O19S2/c1-36-34-82-57(58(36)90)62(94)71-33-43(84)27-47(70-30-38-15-21-80(22-16-38)67-78-77-63(102-67)41-12-10-40(11-13-41)42-31-72-66(73-32-42)79-23-17-46(18-24-79)100-45-7-5-4-6-8-45)59(91)74-54(37(2)83)64(95)81-35-44(85)28-48(81)60(92)75-55(50(87)25-39-9-14-49(86)52(26-39)101-103(97,98)99)61(93)76-56(65(82)96)51(88)29-53(89)69-20-19-68-3/h9-14,26,31-32,36-38,43-48,50-51,54-58,68,70,83-88,90H,4-8,15-25,27-30,33-35H2,1-3H3,(H,69,89)(H,71,94)(H,74,91)(H,75,92)(H,76,93)(H,97,98,99)/t36-,37+,43+,44+,47?,48-,50+,51+,54-,55-,56-,57-,58-/m0/s1. The summed E-state index contributed by atoms with van der Waals surface area (Å²) in [6.45, 7) is 4.48. The Bertz CT molecular complexity index is 3690. The molecule has 5 aliphatic heterocycles. The number of β-amino-alcohol motifs (C(OH)–C–C–N with tert-alkyl or cyclic N) is 1. The number of likely N-dealkylation sites (N-methyl/N-ethyl adjacent to an activating group) is 1. The zero-order valence-corrected chi connectivity index (χ0v) is 59.3. The van der Waals surface area contributed by atoms with Crippen LogP contribution in [0.2, 0.25) is 0 Å². The number of nitrogens with zero attached hydrogens (tertiary/aromatic N) is 8. The number of fused-ring (bicyclic) bond motifs is 2. The van der Waals surface area contributed by atoms with Crippen LogP contribution in [0.25, 0.3) is 21.7 Å². The van der Waals surface area contributed by atoms with Gasteiger partial charge in [-0.1, -0.05) is 67.9 Å². The molecule has 5 saturated heterocycles. The number of hydrogen-bond donors (Lipinski definition) is 15. The molecule has 1 aliphatic carbocycles. The molecule has 2 aromatic carbocycles. The molecular weight excluding hydrogens is 1380 g/mol. The number of piperidine rings is 2. The Morgan fingerprint density at radius 1 is 0.718 bits per heavy atom. The SMILES string of the molecule is CNCCNC(=O)C[C@@H](O)[C@@H]1NC(=O)[C@H]([C@H](O)Cc2ccc(O)c(OS(=O)(=O)O)c2)NC(=O)[C@@H]2C[C@@H](O)CN2C(=O)[C@H]([C@@H](C)O)NC(=O)C(NCC2CCN(c3nnc(-c4ccc(-c5cnc(N6CCC(OC7CCCCC7)CC6)nc5)cc4)s3)CC2)C[C@@H](O)CNC(=O)[C@@H]2[C@@H](O)[C@@H](C)CN2C1=O. The maximum atomic E-state index is 15.0. The molecule has 34 nitrogen and oxygen atoms in total. The van der Waals surface area contributed by atoms with E-state index in [0.717, 1.165) is 83.5 Å². The lowest BCUT2D eigenvalue weighted by atomic mass is 9.96. The number of phenolic OH excluding ortho intramolecular Hbond substituents is 1. The first kappa shape index (κ1) is 77.7. The van der Waals surface area contributed by atoms with Gasteiger partial charge in [0.1, 0.15) is 35.2 Å². The first-order chi connectivity index (χ1) is 49.2. The maximum Gasteiger partial charge on any atom is 0.446 e. The zero-order chi connectivity index (χ0) is 73.8. The normalized spacial score (nSPS) is 26.8. The largest absolute Gasteiger partial charge is 0.504 e. The smallest absolute Gasteiger partial charge is 0.446 e. The summed E-state index contributed by atoms with van der Waals surface area (Å²) in [5.74, 6) is -9.58. The van der Waals surface area contributed by atoms with Crippen molar-refractivity contribution in [1.82, 2.24) is 67.2 Å². The van der Waals surface area contributed by atoms with Crippen LogP contribution in [0.4, 0.5) is 11.1 Å². The predicted octanol–water partition coefficient (Wildman–Crippen LogP) is -2.38. The highest BCUT2D eigenvalue weighted by molar-refractivity contribution is 7.81. The van der Waals surface area contributed by atoms with Gasteiger partial charge in [0, 0.05) is 101 Å². The van der Waals surface area contributed by atoms with E-state index in [1.54, 1.807) is 7.05 Å². The van der Waals surface area contributed by atoms with Crippen molar-refractivity contribution in [3.05, 3.63) is 60.4 Å². The molecule has 15 N–H and O–H groups in total. The van der Waals surface area contributed by atoms with Gasteiger partial charge in [0.25, 0.3) is 0 Å². The molecule has 564 valence electrons. The fourth-order valence-corrected chi connectivity index (χ4v) is 15.4. The number of aromatic nitrogens is 4. The maximum absolute atomic E-state index is 15.0. The van der Waals surface area contributed by atoms with Crippen LogP contribution in [0.1, 0.15) is 96.5 Å². The minimum atomic E-state index is -5.23. The fraction of sp³-hybridized carbons (Fsp3) is 0.627. The van der Waals surface area contributed by atoms with Crippen molar-refractivity contribution in [3.8, 4) is 33.2 Å². The lowest BCUT2D eigenvalue weighted by Gasteiger charge is -2.34. The van der Waals surface area contributed by atoms with Gasteiger partial charge in [-0.05, 0) is 94.6 Å². The van der Waals surface area contributed by atoms with Crippen molar-refractivity contribution in [2.45, 2.75) is 182 Å². The van der Waals surface area contributed by atoms with Gasteiger partial charge in [0.15, 0.2) is 11.5 Å². The summed E-state index contributed by atoms with van der Waals surface area (Å²) >= 11 is 1.44. The average molecular weight is 1480 g/mol. The molecule has 6 fully saturated rings. The monoisotopic (exact) mass is 1480 g/mol. The molecule has 10 rings (SSSR count). The third-order valence-electron chi connectivity index (χ3n) is 19.9. The average Bonchev–Trinajstić information content (AvgIpc) is 1.67. The van der Waals surface area contributed by atoms with Crippen LogP contribution >= 0.6 is 11.3 Å². The van der Waals surface area contributed by atoms with Gasteiger partial charge >= 0.3 is 10.4 Å². The Kier molecular flexibility index (Phi) is 26.6. The molecule has 13 atom stereocenters. The number of carbonyl (C=O) groups is 7. The Balaban J connectivity index is 0.837. The van der Waals surface area contributed by atoms with E-state index in [0.29, 0.717) is 48.1 Å². The highest BCUT2D eigenvalue weighted by atomic mass is 32.3. The summed E-state index contributed by atoms with van der Waals surface area (Å²) in [7, 11) is -3.62. The van der Waals surface area contributed by atoms with Crippen molar-refractivity contribution in [3.63, 3.8) is 0 Å². The number of rotatable bonds is 21. The fourth-order valence-electron chi connectivity index (χ4n) is 14.1. The van der Waals surface area contributed by atoms with Crippen LogP contribution in [-0.4, -0.2) is 278 Å². The highest BCUT2D eigenvalue weighted by Crippen LogP contribution is 2.35. The van der Waals surface area contributed by atoms with E-state index in [4.69, 9.17) is 14.7 Å². The van der Waals surface area contributed by atoms with Crippen molar-refractivity contribution >= 4 is 74.2 Å². The molecule has 1 saturated carbocycles. The molecule has 1 unspecified atom stereocenters. The third kappa shape index (κ3) is 20.3. The minimum absolute atomic E-state index is 0.0524. The number of aromatic hydroxyl groups is 1. The Morgan fingerprint density at radius 3 is 2.05 bits per heavy atom. The molecule has 0 bridgehead atoms. The Hall–Kier alpha value is -7.88. The number of aliphatic hydroxyl groups is 6. The second kappa shape index (κ2) is 35.3. The van der Waals surface area contributed by atoms with E-state index in [1.165, 1.54) is 44.4 Å². The van der Waals surface area contributed by atoms with Crippen LogP contribution in [0, 0.1) is 11.8 Å². The number of benzene rings is 2. The second-order valence-corrected chi connectivity index (χ2v) is 29.6. The van der Waals surface area contributed by atoms with Gasteiger partial charge in [0.05, 0.1) is 61.3 Å². The van der Waals surface area contributed by atoms with E-state index < -0.39 is 181 Å². The van der Waals surface area contributed by atoms with Gasteiger partial charge in [-0.2, -0.15) is 8.42 Å². The number of phenols is 1. The first-order valence-electron chi connectivity index (χ1n) is 35.1. The van der Waals surface area contributed by atoms with E-state index in [-0.39, 0.29) is 43.8 Å². The summed E-state index contributed by atoms with van der Waals surface area (Å²) in [6, 6.07) is -0.250. The predicted molar refractivity (Wildman–Crippen MR) is 372 cm³/mol. The highest BCUT2D eigenvalue weighted by Gasteiger charge is 2.50. The molecule has 0 radical (unpaired) electrons. The van der Waals surface area contributed by atoms with Crippen molar-refractivity contribution in [2.75, 3.05) is 82.3 Å². The van der Waals surface area contributed by atoms with E-state index in [2.05, 4.69) is 61.4 Å². The van der Waals surface area contributed by atoms with Crippen LogP contribution in [0.5, 0.6) is 11.5 Å². The number of hydrogen-bond acceptors (Lipinski definition) is 27. The van der Waals surface area contributed by atoms with E-state index >= 15 is 0 Å². The quantitative estimate of drug-likeness (QED) is 0.0306. The molecule has 2 aromatic heterocycles.